The fourth-order valence-corrected chi connectivity index (χ4v) is 2.98. The first-order chi connectivity index (χ1) is 8.52. The highest BCUT2D eigenvalue weighted by atomic mass is 35.5. The Hall–Kier alpha value is -1.10. The molecule has 0 fully saturated rings. The van der Waals surface area contributed by atoms with Crippen LogP contribution >= 0.6 is 34.5 Å². The van der Waals surface area contributed by atoms with E-state index < -0.39 is 5.97 Å². The summed E-state index contributed by atoms with van der Waals surface area (Å²) in [6, 6.07) is 4.97. The second kappa shape index (κ2) is 5.26. The molecule has 18 heavy (non-hydrogen) atoms. The largest absolute Gasteiger partial charge is 0.476 e. The molecule has 0 saturated heterocycles. The summed E-state index contributed by atoms with van der Waals surface area (Å²) in [5.74, 6) is -1.06. The molecule has 0 aliphatic heterocycles. The van der Waals surface area contributed by atoms with E-state index >= 15 is 0 Å². The summed E-state index contributed by atoms with van der Waals surface area (Å²) in [6.07, 6.45) is 0.684. The van der Waals surface area contributed by atoms with Gasteiger partial charge in [0.1, 0.15) is 0 Å². The number of rotatable bonds is 3. The number of aromatic carboxylic acids is 1. The number of thiazole rings is 1. The van der Waals surface area contributed by atoms with Gasteiger partial charge in [-0.1, -0.05) is 30.1 Å². The van der Waals surface area contributed by atoms with Crippen LogP contribution in [-0.2, 0) is 6.42 Å². The summed E-state index contributed by atoms with van der Waals surface area (Å²) in [5, 5.41) is 10.9. The summed E-state index contributed by atoms with van der Waals surface area (Å²) < 4.78 is 0. The number of carboxylic acid groups (broad SMARTS) is 1. The number of hydrogen-bond donors (Lipinski definition) is 1. The van der Waals surface area contributed by atoms with Gasteiger partial charge in [-0.15, -0.1) is 11.3 Å². The molecular formula is C12H9Cl2NO2S. The molecule has 3 nitrogen and oxygen atoms in total. The van der Waals surface area contributed by atoms with E-state index in [1.54, 1.807) is 18.2 Å². The van der Waals surface area contributed by atoms with Gasteiger partial charge in [0.15, 0.2) is 5.69 Å². The van der Waals surface area contributed by atoms with Gasteiger partial charge in [-0.05, 0) is 24.6 Å². The predicted molar refractivity (Wildman–Crippen MR) is 73.9 cm³/mol. The van der Waals surface area contributed by atoms with Crippen molar-refractivity contribution in [1.29, 1.82) is 0 Å². The molecular weight excluding hydrogens is 293 g/mol. The van der Waals surface area contributed by atoms with Crippen molar-refractivity contribution < 1.29 is 9.90 Å². The lowest BCUT2D eigenvalue weighted by Crippen LogP contribution is -1.99. The smallest absolute Gasteiger partial charge is 0.356 e. The van der Waals surface area contributed by atoms with Crippen LogP contribution in [0.3, 0.4) is 0 Å². The van der Waals surface area contributed by atoms with E-state index in [4.69, 9.17) is 28.3 Å². The number of aromatic nitrogens is 1. The van der Waals surface area contributed by atoms with Gasteiger partial charge in [0.05, 0.1) is 9.88 Å². The first-order valence-corrected chi connectivity index (χ1v) is 6.78. The first kappa shape index (κ1) is 13.3. The van der Waals surface area contributed by atoms with Crippen LogP contribution in [-0.4, -0.2) is 16.1 Å². The minimum absolute atomic E-state index is 0.0287. The van der Waals surface area contributed by atoms with Crippen molar-refractivity contribution in [2.75, 3.05) is 0 Å². The Kier molecular flexibility index (Phi) is 3.90. The second-order valence-corrected chi connectivity index (χ2v) is 5.50. The molecule has 0 saturated carbocycles. The Balaban J connectivity index is 2.65. The Morgan fingerprint density at radius 1 is 1.44 bits per heavy atom. The maximum Gasteiger partial charge on any atom is 0.356 e. The number of aryl methyl sites for hydroxylation is 1. The van der Waals surface area contributed by atoms with Crippen molar-refractivity contribution in [2.24, 2.45) is 0 Å². The monoisotopic (exact) mass is 301 g/mol. The normalized spacial score (nSPS) is 10.6. The molecule has 2 aromatic rings. The van der Waals surface area contributed by atoms with E-state index in [-0.39, 0.29) is 5.69 Å². The van der Waals surface area contributed by atoms with E-state index in [9.17, 15) is 4.79 Å². The second-order valence-electron chi connectivity index (χ2n) is 3.57. The van der Waals surface area contributed by atoms with E-state index in [0.29, 0.717) is 26.9 Å². The Morgan fingerprint density at radius 3 is 2.78 bits per heavy atom. The van der Waals surface area contributed by atoms with Crippen molar-refractivity contribution in [3.05, 3.63) is 38.9 Å². The van der Waals surface area contributed by atoms with Gasteiger partial charge in [-0.3, -0.25) is 0 Å². The average Bonchev–Trinajstić information content (AvgIpc) is 2.76. The highest BCUT2D eigenvalue weighted by molar-refractivity contribution is 7.15. The SMILES string of the molecule is CCc1nc(C(=O)O)c(-c2cc(Cl)ccc2Cl)s1. The van der Waals surface area contributed by atoms with Crippen LogP contribution in [0.4, 0.5) is 0 Å². The summed E-state index contributed by atoms with van der Waals surface area (Å²) in [4.78, 5) is 15.8. The highest BCUT2D eigenvalue weighted by Gasteiger charge is 2.20. The van der Waals surface area contributed by atoms with Crippen molar-refractivity contribution in [3.63, 3.8) is 0 Å². The third kappa shape index (κ3) is 2.51. The van der Waals surface area contributed by atoms with Crippen molar-refractivity contribution in [2.45, 2.75) is 13.3 Å². The minimum Gasteiger partial charge on any atom is -0.476 e. The Bertz CT molecular complexity index is 610. The third-order valence-electron chi connectivity index (χ3n) is 2.35. The quantitative estimate of drug-likeness (QED) is 0.915. The predicted octanol–water partition coefficient (Wildman–Crippen LogP) is 4.38. The lowest BCUT2D eigenvalue weighted by molar-refractivity contribution is 0.0692. The molecule has 0 amide bonds. The van der Waals surface area contributed by atoms with Gasteiger partial charge >= 0.3 is 5.97 Å². The van der Waals surface area contributed by atoms with Crippen LogP contribution in [0, 0.1) is 0 Å². The molecule has 0 aliphatic carbocycles. The van der Waals surface area contributed by atoms with E-state index in [1.165, 1.54) is 11.3 Å². The average molecular weight is 302 g/mol. The maximum atomic E-state index is 11.2. The van der Waals surface area contributed by atoms with Crippen molar-refractivity contribution >= 4 is 40.5 Å². The fourth-order valence-electron chi connectivity index (χ4n) is 1.51. The van der Waals surface area contributed by atoms with E-state index in [2.05, 4.69) is 4.98 Å². The Labute approximate surface area is 118 Å². The molecule has 0 unspecified atom stereocenters. The first-order valence-electron chi connectivity index (χ1n) is 5.21. The minimum atomic E-state index is -1.06. The van der Waals surface area contributed by atoms with Crippen LogP contribution < -0.4 is 0 Å². The van der Waals surface area contributed by atoms with Crippen molar-refractivity contribution in [3.8, 4) is 10.4 Å². The van der Waals surface area contributed by atoms with Crippen LogP contribution in [0.5, 0.6) is 0 Å². The van der Waals surface area contributed by atoms with Gasteiger partial charge in [0.25, 0.3) is 0 Å². The summed E-state index contributed by atoms with van der Waals surface area (Å²) in [6.45, 7) is 1.92. The zero-order chi connectivity index (χ0) is 13.3. The van der Waals surface area contributed by atoms with Gasteiger partial charge in [-0.25, -0.2) is 9.78 Å². The lowest BCUT2D eigenvalue weighted by Gasteiger charge is -2.02. The molecule has 0 bridgehead atoms. The number of carboxylic acids is 1. The molecule has 94 valence electrons. The van der Waals surface area contributed by atoms with Gasteiger partial charge in [0.2, 0.25) is 0 Å². The van der Waals surface area contributed by atoms with E-state index in [0.717, 1.165) is 5.01 Å². The number of nitrogens with zero attached hydrogens (tertiary/aromatic N) is 1. The molecule has 2 rings (SSSR count). The molecule has 0 atom stereocenters. The number of hydrogen-bond acceptors (Lipinski definition) is 3. The highest BCUT2D eigenvalue weighted by Crippen LogP contribution is 2.37. The fraction of sp³-hybridized carbons (Fsp3) is 0.167. The summed E-state index contributed by atoms with van der Waals surface area (Å²) in [7, 11) is 0. The van der Waals surface area contributed by atoms with Gasteiger partial charge in [0, 0.05) is 15.6 Å². The van der Waals surface area contributed by atoms with Crippen LogP contribution in [0.1, 0.15) is 22.4 Å². The standard InChI is InChI=1S/C12H9Cl2NO2S/c1-2-9-15-10(12(16)17)11(18-9)7-5-6(13)3-4-8(7)14/h3-5H,2H2,1H3,(H,16,17). The van der Waals surface area contributed by atoms with Crippen molar-refractivity contribution in [1.82, 2.24) is 4.98 Å². The van der Waals surface area contributed by atoms with Crippen LogP contribution in [0.25, 0.3) is 10.4 Å². The Morgan fingerprint density at radius 2 is 2.17 bits per heavy atom. The molecule has 0 radical (unpaired) electrons. The molecule has 1 heterocycles. The van der Waals surface area contributed by atoms with E-state index in [1.807, 2.05) is 6.92 Å². The number of benzene rings is 1. The maximum absolute atomic E-state index is 11.2. The number of carbonyl (C=O) groups is 1. The third-order valence-corrected chi connectivity index (χ3v) is 4.15. The molecule has 1 N–H and O–H groups in total. The van der Waals surface area contributed by atoms with Crippen LogP contribution in [0.15, 0.2) is 18.2 Å². The number of halogens is 2. The molecule has 1 aromatic carbocycles. The zero-order valence-electron chi connectivity index (χ0n) is 9.41. The summed E-state index contributed by atoms with van der Waals surface area (Å²) in [5.41, 5.74) is 0.639. The zero-order valence-corrected chi connectivity index (χ0v) is 11.7. The molecule has 0 aliphatic rings. The topological polar surface area (TPSA) is 50.2 Å². The lowest BCUT2D eigenvalue weighted by atomic mass is 10.1. The van der Waals surface area contributed by atoms with Gasteiger partial charge < -0.3 is 5.11 Å². The molecule has 6 heteroatoms. The molecule has 1 aromatic heterocycles. The summed E-state index contributed by atoms with van der Waals surface area (Å²) >= 11 is 13.3. The van der Waals surface area contributed by atoms with Gasteiger partial charge in [-0.2, -0.15) is 0 Å². The van der Waals surface area contributed by atoms with Crippen LogP contribution in [0.2, 0.25) is 10.0 Å². The molecule has 0 spiro atoms.